The third-order valence-corrected chi connectivity index (χ3v) is 5.75. The molecule has 0 saturated carbocycles. The maximum absolute atomic E-state index is 12.6. The highest BCUT2D eigenvalue weighted by Gasteiger charge is 2.27. The summed E-state index contributed by atoms with van der Waals surface area (Å²) < 4.78 is 5.84. The molecule has 1 aliphatic rings. The number of rotatable bonds is 8. The number of likely N-dealkylation sites (tertiary alicyclic amines) is 1. The molecule has 0 aromatic heterocycles. The molecule has 0 radical (unpaired) electrons. The summed E-state index contributed by atoms with van der Waals surface area (Å²) in [5, 5.41) is 3.62. The fourth-order valence-corrected chi connectivity index (χ4v) is 3.75. The van der Waals surface area contributed by atoms with Crippen molar-refractivity contribution < 1.29 is 14.3 Å². The second-order valence-electron chi connectivity index (χ2n) is 7.64. The number of carbonyl (C=O) groups excluding carboxylic acids is 2. The van der Waals surface area contributed by atoms with Gasteiger partial charge in [-0.15, -0.1) is 0 Å². The Morgan fingerprint density at radius 2 is 1.77 bits per heavy atom. The number of ether oxygens (including phenoxy) is 1. The lowest BCUT2D eigenvalue weighted by atomic mass is 9.95. The van der Waals surface area contributed by atoms with Crippen LogP contribution < -0.4 is 5.32 Å². The second-order valence-corrected chi connectivity index (χ2v) is 8.08. The van der Waals surface area contributed by atoms with E-state index in [9.17, 15) is 9.59 Å². The van der Waals surface area contributed by atoms with Crippen LogP contribution in [0.5, 0.6) is 0 Å². The van der Waals surface area contributed by atoms with Gasteiger partial charge in [0.15, 0.2) is 0 Å². The molecule has 3 rings (SSSR count). The molecule has 160 valence electrons. The topological polar surface area (TPSA) is 58.6 Å². The van der Waals surface area contributed by atoms with E-state index >= 15 is 0 Å². The molecule has 2 amide bonds. The molecule has 2 aromatic rings. The molecule has 2 aromatic carbocycles. The summed E-state index contributed by atoms with van der Waals surface area (Å²) in [6.45, 7) is 4.43. The van der Waals surface area contributed by atoms with Crippen molar-refractivity contribution in [2.24, 2.45) is 5.92 Å². The van der Waals surface area contributed by atoms with Gasteiger partial charge in [-0.2, -0.15) is 0 Å². The van der Waals surface area contributed by atoms with Crippen LogP contribution in [-0.2, 0) is 9.53 Å². The number of amides is 2. The minimum Gasteiger partial charge on any atom is -0.374 e. The van der Waals surface area contributed by atoms with Crippen molar-refractivity contribution in [1.29, 1.82) is 0 Å². The summed E-state index contributed by atoms with van der Waals surface area (Å²) in [5.74, 6) is 0.0309. The number of hydrogen-bond donors (Lipinski definition) is 1. The number of hydrogen-bond acceptors (Lipinski definition) is 3. The van der Waals surface area contributed by atoms with Gasteiger partial charge in [0.2, 0.25) is 5.91 Å². The molecule has 0 bridgehead atoms. The molecule has 1 fully saturated rings. The molecule has 1 N–H and O–H groups in total. The van der Waals surface area contributed by atoms with E-state index in [2.05, 4.69) is 17.4 Å². The van der Waals surface area contributed by atoms with Crippen molar-refractivity contribution in [2.75, 3.05) is 26.2 Å². The van der Waals surface area contributed by atoms with Crippen LogP contribution in [0.1, 0.15) is 48.2 Å². The Hall–Kier alpha value is -2.37. The average Bonchev–Trinajstić information content (AvgIpc) is 2.79. The van der Waals surface area contributed by atoms with Gasteiger partial charge in [0.1, 0.15) is 0 Å². The lowest BCUT2D eigenvalue weighted by Gasteiger charge is -2.31. The fraction of sp³-hybridized carbons (Fsp3) is 0.417. The van der Waals surface area contributed by atoms with Gasteiger partial charge in [-0.1, -0.05) is 41.9 Å². The zero-order chi connectivity index (χ0) is 21.3. The van der Waals surface area contributed by atoms with Gasteiger partial charge >= 0.3 is 0 Å². The molecule has 1 atom stereocenters. The average molecular weight is 429 g/mol. The highest BCUT2D eigenvalue weighted by molar-refractivity contribution is 6.30. The molecule has 6 heteroatoms. The standard InChI is InChI=1S/C24H29ClN2O3/c1-18(19-6-3-2-4-7-19)30-17-5-14-26-23(28)20-12-15-27(16-13-20)24(29)21-8-10-22(25)11-9-21/h2-4,6-11,18,20H,5,12-17H2,1H3,(H,26,28). The van der Waals surface area contributed by atoms with Crippen molar-refractivity contribution in [1.82, 2.24) is 10.2 Å². The van der Waals surface area contributed by atoms with Gasteiger partial charge in [-0.25, -0.2) is 0 Å². The van der Waals surface area contributed by atoms with Crippen LogP contribution in [0.4, 0.5) is 0 Å². The molecule has 1 unspecified atom stereocenters. The molecule has 1 saturated heterocycles. The Morgan fingerprint density at radius 1 is 1.10 bits per heavy atom. The minimum absolute atomic E-state index is 0.00444. The Kier molecular flexibility index (Phi) is 8.29. The van der Waals surface area contributed by atoms with E-state index in [1.807, 2.05) is 30.0 Å². The zero-order valence-corrected chi connectivity index (χ0v) is 18.1. The van der Waals surface area contributed by atoms with Crippen LogP contribution >= 0.6 is 11.6 Å². The highest BCUT2D eigenvalue weighted by Crippen LogP contribution is 2.20. The summed E-state index contributed by atoms with van der Waals surface area (Å²) in [6, 6.07) is 17.0. The smallest absolute Gasteiger partial charge is 0.253 e. The number of piperidine rings is 1. The van der Waals surface area contributed by atoms with E-state index in [0.29, 0.717) is 49.7 Å². The van der Waals surface area contributed by atoms with Gasteiger partial charge in [-0.3, -0.25) is 9.59 Å². The first-order chi connectivity index (χ1) is 14.5. The predicted molar refractivity (Wildman–Crippen MR) is 119 cm³/mol. The minimum atomic E-state index is -0.0385. The molecule has 0 spiro atoms. The number of halogens is 1. The molecule has 1 heterocycles. The molecule has 0 aliphatic carbocycles. The van der Waals surface area contributed by atoms with E-state index in [0.717, 1.165) is 12.0 Å². The number of nitrogens with one attached hydrogen (secondary N) is 1. The largest absolute Gasteiger partial charge is 0.374 e. The Labute approximate surface area is 183 Å². The Bertz CT molecular complexity index is 818. The molecule has 1 aliphatic heterocycles. The van der Waals surface area contributed by atoms with Gasteiger partial charge in [0.05, 0.1) is 6.10 Å². The van der Waals surface area contributed by atoms with Gasteiger partial charge in [0.25, 0.3) is 5.91 Å². The normalized spacial score (nSPS) is 15.6. The van der Waals surface area contributed by atoms with Gasteiger partial charge < -0.3 is 15.0 Å². The number of nitrogens with zero attached hydrogens (tertiary/aromatic N) is 1. The molecule has 5 nitrogen and oxygen atoms in total. The summed E-state index contributed by atoms with van der Waals surface area (Å²) in [6.07, 6.45) is 2.19. The first-order valence-corrected chi connectivity index (χ1v) is 10.9. The zero-order valence-electron chi connectivity index (χ0n) is 17.4. The second kappa shape index (κ2) is 11.1. The SMILES string of the molecule is CC(OCCCNC(=O)C1CCN(C(=O)c2ccc(Cl)cc2)CC1)c1ccccc1. The van der Waals surface area contributed by atoms with E-state index in [1.54, 1.807) is 24.3 Å². The summed E-state index contributed by atoms with van der Waals surface area (Å²) in [4.78, 5) is 26.8. The van der Waals surface area contributed by atoms with Crippen LogP contribution in [-0.4, -0.2) is 43.0 Å². The highest BCUT2D eigenvalue weighted by atomic mass is 35.5. The maximum atomic E-state index is 12.6. The van der Waals surface area contributed by atoms with E-state index < -0.39 is 0 Å². The molecular formula is C24H29ClN2O3. The summed E-state index contributed by atoms with van der Waals surface area (Å²) in [7, 11) is 0. The van der Waals surface area contributed by atoms with Gasteiger partial charge in [-0.05, 0) is 56.0 Å². The van der Waals surface area contributed by atoms with Crippen molar-refractivity contribution in [2.45, 2.75) is 32.3 Å². The van der Waals surface area contributed by atoms with Crippen LogP contribution in [0, 0.1) is 5.92 Å². The fourth-order valence-electron chi connectivity index (χ4n) is 3.63. The quantitative estimate of drug-likeness (QED) is 0.631. The van der Waals surface area contributed by atoms with E-state index in [-0.39, 0.29) is 23.8 Å². The third-order valence-electron chi connectivity index (χ3n) is 5.50. The van der Waals surface area contributed by atoms with Gasteiger partial charge in [0, 0.05) is 42.7 Å². The Balaban J connectivity index is 1.32. The third kappa shape index (κ3) is 6.31. The lowest BCUT2D eigenvalue weighted by Crippen LogP contribution is -2.43. The van der Waals surface area contributed by atoms with Crippen molar-refractivity contribution >= 4 is 23.4 Å². The predicted octanol–water partition coefficient (Wildman–Crippen LogP) is 4.48. The first kappa shape index (κ1) is 22.3. The monoisotopic (exact) mass is 428 g/mol. The number of benzene rings is 2. The van der Waals surface area contributed by atoms with Crippen LogP contribution in [0.2, 0.25) is 5.02 Å². The summed E-state index contributed by atoms with van der Waals surface area (Å²) in [5.41, 5.74) is 1.79. The van der Waals surface area contributed by atoms with Crippen LogP contribution in [0.3, 0.4) is 0 Å². The first-order valence-electron chi connectivity index (χ1n) is 10.5. The summed E-state index contributed by atoms with van der Waals surface area (Å²) >= 11 is 5.88. The number of carbonyl (C=O) groups is 2. The van der Waals surface area contributed by atoms with Crippen LogP contribution in [0.25, 0.3) is 0 Å². The van der Waals surface area contributed by atoms with Crippen molar-refractivity contribution in [3.63, 3.8) is 0 Å². The van der Waals surface area contributed by atoms with Crippen molar-refractivity contribution in [3.05, 3.63) is 70.7 Å². The molecule has 30 heavy (non-hydrogen) atoms. The van der Waals surface area contributed by atoms with Crippen LogP contribution in [0.15, 0.2) is 54.6 Å². The Morgan fingerprint density at radius 3 is 2.43 bits per heavy atom. The maximum Gasteiger partial charge on any atom is 0.253 e. The van der Waals surface area contributed by atoms with E-state index in [4.69, 9.17) is 16.3 Å². The molecular weight excluding hydrogens is 400 g/mol. The van der Waals surface area contributed by atoms with E-state index in [1.165, 1.54) is 0 Å². The van der Waals surface area contributed by atoms with Crippen molar-refractivity contribution in [3.8, 4) is 0 Å². The lowest BCUT2D eigenvalue weighted by molar-refractivity contribution is -0.126.